The standard InChI is InChI=1S/C13H13N5O2/c1-18-4-5-19-11(8-18)12-16-13(20-17-12)9-2-3-15-10(6-9)7-14/h2-3,6,11H,4-5,8H2,1H3. The number of nitrogens with zero attached hydrogens (tertiary/aromatic N) is 5. The quantitative estimate of drug-likeness (QED) is 0.805. The normalized spacial score (nSPS) is 19.7. The molecule has 0 bridgehead atoms. The zero-order valence-corrected chi connectivity index (χ0v) is 11.0. The number of hydrogen-bond donors (Lipinski definition) is 0. The van der Waals surface area contributed by atoms with Crippen LogP contribution in [0.2, 0.25) is 0 Å². The molecule has 20 heavy (non-hydrogen) atoms. The Balaban J connectivity index is 1.84. The van der Waals surface area contributed by atoms with Crippen molar-refractivity contribution in [1.29, 1.82) is 5.26 Å². The number of morpholine rings is 1. The van der Waals surface area contributed by atoms with Crippen LogP contribution in [0, 0.1) is 11.3 Å². The van der Waals surface area contributed by atoms with E-state index in [4.69, 9.17) is 14.5 Å². The summed E-state index contributed by atoms with van der Waals surface area (Å²) < 4.78 is 10.9. The molecule has 7 heteroatoms. The van der Waals surface area contributed by atoms with E-state index in [0.29, 0.717) is 29.6 Å². The van der Waals surface area contributed by atoms with Crippen molar-refractivity contribution in [3.8, 4) is 17.5 Å². The van der Waals surface area contributed by atoms with Crippen LogP contribution in [0.4, 0.5) is 0 Å². The van der Waals surface area contributed by atoms with Crippen molar-refractivity contribution in [2.45, 2.75) is 6.10 Å². The Labute approximate surface area is 115 Å². The van der Waals surface area contributed by atoms with E-state index < -0.39 is 0 Å². The fraction of sp³-hybridized carbons (Fsp3) is 0.385. The van der Waals surface area contributed by atoms with E-state index in [1.807, 2.05) is 13.1 Å². The molecule has 0 radical (unpaired) electrons. The van der Waals surface area contributed by atoms with E-state index in [1.165, 1.54) is 0 Å². The molecule has 1 fully saturated rings. The molecule has 102 valence electrons. The Hall–Kier alpha value is -2.30. The first-order chi connectivity index (χ1) is 9.76. The molecule has 0 aromatic carbocycles. The Bertz CT molecular complexity index is 648. The lowest BCUT2D eigenvalue weighted by Crippen LogP contribution is -2.35. The summed E-state index contributed by atoms with van der Waals surface area (Å²) in [6.07, 6.45) is 1.37. The van der Waals surface area contributed by atoms with Gasteiger partial charge >= 0.3 is 0 Å². The second-order valence-corrected chi connectivity index (χ2v) is 4.62. The van der Waals surface area contributed by atoms with Crippen LogP contribution in [-0.4, -0.2) is 46.8 Å². The zero-order valence-electron chi connectivity index (χ0n) is 11.0. The molecular weight excluding hydrogens is 258 g/mol. The van der Waals surface area contributed by atoms with Crippen molar-refractivity contribution < 1.29 is 9.26 Å². The summed E-state index contributed by atoms with van der Waals surface area (Å²) >= 11 is 0. The molecule has 0 aliphatic carbocycles. The van der Waals surface area contributed by atoms with Gasteiger partial charge in [-0.1, -0.05) is 5.16 Å². The Kier molecular flexibility index (Phi) is 3.41. The van der Waals surface area contributed by atoms with Gasteiger partial charge in [0, 0.05) is 24.8 Å². The maximum Gasteiger partial charge on any atom is 0.258 e. The predicted octanol–water partition coefficient (Wildman–Crippen LogP) is 1.01. The van der Waals surface area contributed by atoms with Gasteiger partial charge in [-0.3, -0.25) is 0 Å². The maximum atomic E-state index is 8.84. The van der Waals surface area contributed by atoms with Gasteiger partial charge in [-0.2, -0.15) is 10.2 Å². The number of hydrogen-bond acceptors (Lipinski definition) is 7. The summed E-state index contributed by atoms with van der Waals surface area (Å²) in [5, 5.41) is 12.8. The van der Waals surface area contributed by atoms with E-state index in [9.17, 15) is 0 Å². The molecule has 1 aliphatic heterocycles. The van der Waals surface area contributed by atoms with Crippen LogP contribution >= 0.6 is 0 Å². The molecule has 2 aromatic rings. The number of pyridine rings is 1. The topological polar surface area (TPSA) is 88.1 Å². The van der Waals surface area contributed by atoms with Gasteiger partial charge in [0.2, 0.25) is 5.82 Å². The van der Waals surface area contributed by atoms with Gasteiger partial charge in [0.25, 0.3) is 5.89 Å². The van der Waals surface area contributed by atoms with Crippen LogP contribution in [0.1, 0.15) is 17.6 Å². The molecule has 7 nitrogen and oxygen atoms in total. The van der Waals surface area contributed by atoms with Crippen molar-refractivity contribution in [3.05, 3.63) is 29.8 Å². The monoisotopic (exact) mass is 271 g/mol. The third-order valence-corrected chi connectivity index (χ3v) is 3.12. The molecule has 0 amide bonds. The van der Waals surface area contributed by atoms with E-state index in [-0.39, 0.29) is 6.10 Å². The number of aromatic nitrogens is 3. The largest absolute Gasteiger partial charge is 0.367 e. The number of rotatable bonds is 2. The molecule has 1 saturated heterocycles. The number of nitriles is 1. The molecule has 3 rings (SSSR count). The van der Waals surface area contributed by atoms with Crippen LogP contribution in [-0.2, 0) is 4.74 Å². The minimum absolute atomic E-state index is 0.177. The second kappa shape index (κ2) is 5.36. The van der Waals surface area contributed by atoms with Crippen LogP contribution in [0.5, 0.6) is 0 Å². The molecule has 2 aromatic heterocycles. The molecule has 0 spiro atoms. The highest BCUT2D eigenvalue weighted by molar-refractivity contribution is 5.54. The lowest BCUT2D eigenvalue weighted by molar-refractivity contribution is -0.0264. The number of likely N-dealkylation sites (N-methyl/N-ethyl adjacent to an activating group) is 1. The van der Waals surface area contributed by atoms with Gasteiger partial charge in [-0.25, -0.2) is 4.98 Å². The summed E-state index contributed by atoms with van der Waals surface area (Å²) in [7, 11) is 2.03. The van der Waals surface area contributed by atoms with Gasteiger partial charge in [0.1, 0.15) is 17.9 Å². The van der Waals surface area contributed by atoms with E-state index in [0.717, 1.165) is 13.1 Å². The van der Waals surface area contributed by atoms with Gasteiger partial charge < -0.3 is 14.2 Å². The summed E-state index contributed by atoms with van der Waals surface area (Å²) in [5.41, 5.74) is 0.996. The van der Waals surface area contributed by atoms with Crippen molar-refractivity contribution in [3.63, 3.8) is 0 Å². The first kappa shape index (κ1) is 12.7. The molecular formula is C13H13N5O2. The lowest BCUT2D eigenvalue weighted by Gasteiger charge is -2.27. The van der Waals surface area contributed by atoms with Crippen molar-refractivity contribution >= 4 is 0 Å². The summed E-state index contributed by atoms with van der Waals surface area (Å²) in [4.78, 5) is 10.4. The molecule has 3 heterocycles. The second-order valence-electron chi connectivity index (χ2n) is 4.62. The smallest absolute Gasteiger partial charge is 0.258 e. The average molecular weight is 271 g/mol. The summed E-state index contributed by atoms with van der Waals surface area (Å²) in [6, 6.07) is 5.33. The maximum absolute atomic E-state index is 8.84. The van der Waals surface area contributed by atoms with Crippen molar-refractivity contribution in [2.24, 2.45) is 0 Å². The van der Waals surface area contributed by atoms with E-state index in [1.54, 1.807) is 18.3 Å². The third-order valence-electron chi connectivity index (χ3n) is 3.12. The molecule has 0 N–H and O–H groups in total. The highest BCUT2D eigenvalue weighted by Gasteiger charge is 2.24. The average Bonchev–Trinajstić information content (AvgIpc) is 2.97. The fourth-order valence-corrected chi connectivity index (χ4v) is 2.04. The fourth-order valence-electron chi connectivity index (χ4n) is 2.04. The van der Waals surface area contributed by atoms with Gasteiger partial charge in [-0.05, 0) is 19.2 Å². The zero-order chi connectivity index (χ0) is 13.9. The summed E-state index contributed by atoms with van der Waals surface area (Å²) in [6.45, 7) is 2.29. The van der Waals surface area contributed by atoms with Gasteiger partial charge in [0.05, 0.1) is 6.61 Å². The van der Waals surface area contributed by atoms with E-state index in [2.05, 4.69) is 20.0 Å². The minimum Gasteiger partial charge on any atom is -0.367 e. The summed E-state index contributed by atoms with van der Waals surface area (Å²) in [5.74, 6) is 0.901. The van der Waals surface area contributed by atoms with Crippen molar-refractivity contribution in [1.82, 2.24) is 20.0 Å². The highest BCUT2D eigenvalue weighted by atomic mass is 16.5. The Morgan fingerprint density at radius 1 is 1.50 bits per heavy atom. The SMILES string of the molecule is CN1CCOC(c2noc(-c3ccnc(C#N)c3)n2)C1. The van der Waals surface area contributed by atoms with E-state index >= 15 is 0 Å². The van der Waals surface area contributed by atoms with Crippen LogP contribution in [0.3, 0.4) is 0 Å². The van der Waals surface area contributed by atoms with Crippen LogP contribution in [0.15, 0.2) is 22.9 Å². The van der Waals surface area contributed by atoms with Crippen LogP contribution < -0.4 is 0 Å². The Morgan fingerprint density at radius 3 is 3.20 bits per heavy atom. The van der Waals surface area contributed by atoms with Gasteiger partial charge in [-0.15, -0.1) is 0 Å². The lowest BCUT2D eigenvalue weighted by atomic mass is 10.2. The highest BCUT2D eigenvalue weighted by Crippen LogP contribution is 2.23. The number of ether oxygens (including phenoxy) is 1. The minimum atomic E-state index is -0.177. The van der Waals surface area contributed by atoms with Crippen LogP contribution in [0.25, 0.3) is 11.5 Å². The van der Waals surface area contributed by atoms with Crippen molar-refractivity contribution in [2.75, 3.05) is 26.7 Å². The molecule has 0 saturated carbocycles. The molecule has 1 aliphatic rings. The first-order valence-electron chi connectivity index (χ1n) is 6.26. The molecule has 1 atom stereocenters. The third kappa shape index (κ3) is 2.52. The van der Waals surface area contributed by atoms with Gasteiger partial charge in [0.15, 0.2) is 0 Å². The Morgan fingerprint density at radius 2 is 2.40 bits per heavy atom. The molecule has 1 unspecified atom stereocenters. The predicted molar refractivity (Wildman–Crippen MR) is 68.4 cm³/mol. The first-order valence-corrected chi connectivity index (χ1v) is 6.26.